The third kappa shape index (κ3) is 5.66. The van der Waals surface area contributed by atoms with Crippen molar-refractivity contribution in [1.29, 1.82) is 0 Å². The van der Waals surface area contributed by atoms with E-state index in [9.17, 15) is 0 Å². The van der Waals surface area contributed by atoms with Gasteiger partial charge in [-0.1, -0.05) is 38.1 Å². The van der Waals surface area contributed by atoms with Gasteiger partial charge in [0.15, 0.2) is 5.96 Å². The van der Waals surface area contributed by atoms with E-state index in [0.717, 1.165) is 23.8 Å². The first-order chi connectivity index (χ1) is 11.1. The molecule has 6 heteroatoms. The number of thiophene rings is 1. The molecule has 0 aliphatic heterocycles. The van der Waals surface area contributed by atoms with Crippen LogP contribution in [0.15, 0.2) is 46.8 Å². The van der Waals surface area contributed by atoms with E-state index < -0.39 is 0 Å². The molecule has 1 aromatic carbocycles. The van der Waals surface area contributed by atoms with E-state index in [4.69, 9.17) is 4.74 Å². The number of hydrogen-bond donors (Lipinski definition) is 2. The third-order valence-electron chi connectivity index (χ3n) is 3.75. The molecule has 1 aromatic heterocycles. The Labute approximate surface area is 165 Å². The Balaban J connectivity index is 0.00000288. The molecule has 0 saturated carbocycles. The number of nitrogens with zero attached hydrogens (tertiary/aromatic N) is 1. The molecule has 1 heterocycles. The van der Waals surface area contributed by atoms with Gasteiger partial charge in [-0.25, -0.2) is 0 Å². The lowest BCUT2D eigenvalue weighted by atomic mass is 9.91. The molecule has 0 spiro atoms. The Morgan fingerprint density at radius 3 is 2.54 bits per heavy atom. The minimum absolute atomic E-state index is 0. The average molecular weight is 459 g/mol. The van der Waals surface area contributed by atoms with Gasteiger partial charge in [0, 0.05) is 36.0 Å². The second-order valence-electron chi connectivity index (χ2n) is 5.95. The summed E-state index contributed by atoms with van der Waals surface area (Å²) in [6.45, 7) is 5.96. The molecule has 0 amide bonds. The monoisotopic (exact) mass is 459 g/mol. The quantitative estimate of drug-likeness (QED) is 0.390. The molecule has 0 radical (unpaired) electrons. The van der Waals surface area contributed by atoms with Crippen LogP contribution >= 0.6 is 35.3 Å². The van der Waals surface area contributed by atoms with Crippen LogP contribution in [0.4, 0.5) is 0 Å². The van der Waals surface area contributed by atoms with Crippen molar-refractivity contribution in [3.8, 4) is 5.75 Å². The lowest BCUT2D eigenvalue weighted by Gasteiger charge is -2.25. The predicted molar refractivity (Wildman–Crippen MR) is 114 cm³/mol. The highest BCUT2D eigenvalue weighted by molar-refractivity contribution is 14.0. The smallest absolute Gasteiger partial charge is 0.191 e. The summed E-state index contributed by atoms with van der Waals surface area (Å²) < 4.78 is 5.38. The zero-order valence-corrected chi connectivity index (χ0v) is 17.8. The van der Waals surface area contributed by atoms with Crippen LogP contribution in [-0.2, 0) is 12.0 Å². The molecular weight excluding hydrogens is 433 g/mol. The molecule has 4 nitrogen and oxygen atoms in total. The maximum atomic E-state index is 5.38. The van der Waals surface area contributed by atoms with Crippen molar-refractivity contribution in [1.82, 2.24) is 10.6 Å². The van der Waals surface area contributed by atoms with Gasteiger partial charge in [0.1, 0.15) is 5.75 Å². The molecule has 0 aliphatic rings. The van der Waals surface area contributed by atoms with E-state index in [1.807, 2.05) is 18.2 Å². The molecule has 0 unspecified atom stereocenters. The van der Waals surface area contributed by atoms with Gasteiger partial charge >= 0.3 is 0 Å². The summed E-state index contributed by atoms with van der Waals surface area (Å²) in [6, 6.07) is 12.3. The van der Waals surface area contributed by atoms with Crippen LogP contribution in [0.5, 0.6) is 5.75 Å². The van der Waals surface area contributed by atoms with Crippen LogP contribution in [0, 0.1) is 0 Å². The Kier molecular flexibility index (Phi) is 8.55. The highest BCUT2D eigenvalue weighted by Crippen LogP contribution is 2.26. The molecule has 0 bridgehead atoms. The molecule has 0 fully saturated rings. The Bertz CT molecular complexity index is 641. The van der Waals surface area contributed by atoms with Gasteiger partial charge in [0.25, 0.3) is 0 Å². The second kappa shape index (κ2) is 9.88. The summed E-state index contributed by atoms with van der Waals surface area (Å²) in [5.74, 6) is 1.68. The number of hydrogen-bond acceptors (Lipinski definition) is 3. The summed E-state index contributed by atoms with van der Waals surface area (Å²) in [6.07, 6.45) is 0. The van der Waals surface area contributed by atoms with Crippen LogP contribution in [0.2, 0.25) is 0 Å². The summed E-state index contributed by atoms with van der Waals surface area (Å²) in [5, 5.41) is 8.87. The highest BCUT2D eigenvalue weighted by atomic mass is 127. The zero-order valence-electron chi connectivity index (χ0n) is 14.6. The van der Waals surface area contributed by atoms with E-state index >= 15 is 0 Å². The van der Waals surface area contributed by atoms with Crippen molar-refractivity contribution in [3.63, 3.8) is 0 Å². The number of rotatable bonds is 6. The molecule has 0 saturated heterocycles. The van der Waals surface area contributed by atoms with Crippen molar-refractivity contribution in [2.24, 2.45) is 4.99 Å². The largest absolute Gasteiger partial charge is 0.496 e. The second-order valence-corrected chi connectivity index (χ2v) is 6.90. The van der Waals surface area contributed by atoms with Gasteiger partial charge in [-0.2, -0.15) is 0 Å². The first-order valence-electron chi connectivity index (χ1n) is 7.67. The molecule has 0 aliphatic carbocycles. The van der Waals surface area contributed by atoms with Crippen molar-refractivity contribution in [2.45, 2.75) is 25.8 Å². The Morgan fingerprint density at radius 2 is 1.92 bits per heavy atom. The topological polar surface area (TPSA) is 45.7 Å². The van der Waals surface area contributed by atoms with E-state index in [0.29, 0.717) is 6.54 Å². The van der Waals surface area contributed by atoms with E-state index in [-0.39, 0.29) is 29.4 Å². The first-order valence-corrected chi connectivity index (χ1v) is 8.55. The lowest BCUT2D eigenvalue weighted by molar-refractivity contribution is 0.409. The van der Waals surface area contributed by atoms with Gasteiger partial charge in [-0.3, -0.25) is 4.99 Å². The Morgan fingerprint density at radius 1 is 1.17 bits per heavy atom. The van der Waals surface area contributed by atoms with Crippen LogP contribution in [0.25, 0.3) is 0 Å². The number of halogens is 1. The minimum atomic E-state index is 0. The number of para-hydroxylation sites is 1. The minimum Gasteiger partial charge on any atom is -0.496 e. The van der Waals surface area contributed by atoms with Gasteiger partial charge < -0.3 is 15.4 Å². The Hall–Kier alpha value is -1.28. The maximum Gasteiger partial charge on any atom is 0.191 e. The summed E-state index contributed by atoms with van der Waals surface area (Å²) in [7, 11) is 3.48. The predicted octanol–water partition coefficient (Wildman–Crippen LogP) is 4.02. The fourth-order valence-corrected chi connectivity index (χ4v) is 3.16. The summed E-state index contributed by atoms with van der Waals surface area (Å²) in [4.78, 5) is 5.67. The lowest BCUT2D eigenvalue weighted by Crippen LogP contribution is -2.43. The standard InChI is InChI=1S/C18H25N3OS.HI/c1-18(2,16-10-7-11-23-16)13-21-17(19-3)20-12-14-8-5-6-9-15(14)22-4;/h5-11H,12-13H2,1-4H3,(H2,19,20,21);1H. The molecule has 0 atom stereocenters. The third-order valence-corrected chi connectivity index (χ3v) is 4.98. The number of nitrogens with one attached hydrogen (secondary N) is 2. The SMILES string of the molecule is CN=C(NCc1ccccc1OC)NCC(C)(C)c1cccs1.I. The van der Waals surface area contributed by atoms with E-state index in [1.54, 1.807) is 25.5 Å². The highest BCUT2D eigenvalue weighted by Gasteiger charge is 2.21. The molecule has 2 N–H and O–H groups in total. The molecule has 2 aromatic rings. The van der Waals surface area contributed by atoms with Gasteiger partial charge in [-0.05, 0) is 17.5 Å². The fourth-order valence-electron chi connectivity index (χ4n) is 2.30. The van der Waals surface area contributed by atoms with E-state index in [2.05, 4.69) is 53.1 Å². The molecule has 24 heavy (non-hydrogen) atoms. The van der Waals surface area contributed by atoms with Crippen LogP contribution in [0.1, 0.15) is 24.3 Å². The number of benzene rings is 1. The normalized spacial score (nSPS) is 11.6. The molecule has 2 rings (SSSR count). The number of methoxy groups -OCH3 is 1. The van der Waals surface area contributed by atoms with Gasteiger partial charge in [-0.15, -0.1) is 35.3 Å². The van der Waals surface area contributed by atoms with Gasteiger partial charge in [0.05, 0.1) is 7.11 Å². The number of ether oxygens (including phenoxy) is 1. The number of aliphatic imine (C=N–C) groups is 1. The number of guanidine groups is 1. The van der Waals surface area contributed by atoms with Crippen molar-refractivity contribution in [3.05, 3.63) is 52.2 Å². The maximum absolute atomic E-state index is 5.38. The van der Waals surface area contributed by atoms with Gasteiger partial charge in [0.2, 0.25) is 0 Å². The summed E-state index contributed by atoms with van der Waals surface area (Å²) >= 11 is 1.79. The summed E-state index contributed by atoms with van der Waals surface area (Å²) in [5.41, 5.74) is 1.17. The first kappa shape index (κ1) is 20.8. The van der Waals surface area contributed by atoms with Crippen molar-refractivity contribution >= 4 is 41.3 Å². The van der Waals surface area contributed by atoms with Crippen LogP contribution < -0.4 is 15.4 Å². The van der Waals surface area contributed by atoms with E-state index in [1.165, 1.54) is 4.88 Å². The van der Waals surface area contributed by atoms with Crippen LogP contribution in [-0.4, -0.2) is 26.7 Å². The zero-order chi connectivity index (χ0) is 16.7. The van der Waals surface area contributed by atoms with Crippen LogP contribution in [0.3, 0.4) is 0 Å². The average Bonchev–Trinajstić information content (AvgIpc) is 3.10. The van der Waals surface area contributed by atoms with Crippen molar-refractivity contribution < 1.29 is 4.74 Å². The molecule has 132 valence electrons. The molecular formula is C18H26IN3OS. The van der Waals surface area contributed by atoms with Crippen molar-refractivity contribution in [2.75, 3.05) is 20.7 Å². The fraction of sp³-hybridized carbons (Fsp3) is 0.389.